The highest BCUT2D eigenvalue weighted by Crippen LogP contribution is 2.39. The number of hydrogen-bond acceptors (Lipinski definition) is 4. The Morgan fingerprint density at radius 1 is 1.47 bits per heavy atom. The quantitative estimate of drug-likeness (QED) is 0.611. The van der Waals surface area contributed by atoms with Gasteiger partial charge in [-0.05, 0) is 25.8 Å². The molecule has 106 valence electrons. The van der Waals surface area contributed by atoms with Gasteiger partial charge in [0.2, 0.25) is 0 Å². The molecule has 1 heterocycles. The molecule has 2 unspecified atom stereocenters. The van der Waals surface area contributed by atoms with Gasteiger partial charge in [0.1, 0.15) is 5.75 Å². The first-order chi connectivity index (χ1) is 9.16. The highest BCUT2D eigenvalue weighted by atomic mass is 16.5. The van der Waals surface area contributed by atoms with Gasteiger partial charge in [0.15, 0.2) is 0 Å². The van der Waals surface area contributed by atoms with E-state index >= 15 is 0 Å². The number of nitrogens with two attached hydrogens (primary N) is 1. The van der Waals surface area contributed by atoms with Crippen molar-refractivity contribution < 1.29 is 9.47 Å². The van der Waals surface area contributed by atoms with Gasteiger partial charge in [-0.15, -0.1) is 0 Å². The Balaban J connectivity index is 2.39. The van der Waals surface area contributed by atoms with E-state index in [9.17, 15) is 0 Å². The summed E-state index contributed by atoms with van der Waals surface area (Å²) in [6.45, 7) is 7.63. The molecule has 0 fully saturated rings. The van der Waals surface area contributed by atoms with Crippen LogP contribution in [0.5, 0.6) is 5.75 Å². The molecule has 0 spiro atoms. The number of ether oxygens (including phenoxy) is 2. The average molecular weight is 264 g/mol. The average Bonchev–Trinajstić information content (AvgIpc) is 2.89. The molecule has 0 aliphatic carbocycles. The van der Waals surface area contributed by atoms with Gasteiger partial charge in [0, 0.05) is 18.6 Å². The summed E-state index contributed by atoms with van der Waals surface area (Å²) in [6, 6.07) is 6.17. The van der Waals surface area contributed by atoms with Crippen molar-refractivity contribution in [1.29, 1.82) is 0 Å². The third kappa shape index (κ3) is 2.61. The maximum Gasteiger partial charge on any atom is 0.127 e. The number of hydrazine groups is 1. The van der Waals surface area contributed by atoms with Crippen LogP contribution in [0.1, 0.15) is 44.4 Å². The molecule has 3 N–H and O–H groups in total. The molecule has 0 saturated heterocycles. The zero-order valence-electron chi connectivity index (χ0n) is 12.0. The van der Waals surface area contributed by atoms with Crippen LogP contribution in [0.15, 0.2) is 18.2 Å². The summed E-state index contributed by atoms with van der Waals surface area (Å²) in [5, 5.41) is 0. The maximum atomic E-state index is 5.95. The Morgan fingerprint density at radius 3 is 2.89 bits per heavy atom. The molecule has 0 bridgehead atoms. The van der Waals surface area contributed by atoms with Crippen LogP contribution in [0, 0.1) is 0 Å². The van der Waals surface area contributed by atoms with Gasteiger partial charge in [-0.3, -0.25) is 5.84 Å². The lowest BCUT2D eigenvalue weighted by Gasteiger charge is -2.37. The van der Waals surface area contributed by atoms with E-state index in [1.807, 2.05) is 6.92 Å². The molecule has 4 heteroatoms. The number of para-hydroxylation sites is 1. The Labute approximate surface area is 115 Å². The fraction of sp³-hybridized carbons (Fsp3) is 0.600. The fourth-order valence-corrected chi connectivity index (χ4v) is 2.78. The van der Waals surface area contributed by atoms with E-state index in [4.69, 9.17) is 15.3 Å². The van der Waals surface area contributed by atoms with Gasteiger partial charge < -0.3 is 9.47 Å². The predicted octanol–water partition coefficient (Wildman–Crippen LogP) is 2.33. The molecule has 0 aromatic heterocycles. The summed E-state index contributed by atoms with van der Waals surface area (Å²) in [5.74, 6) is 6.78. The molecule has 2 rings (SSSR count). The van der Waals surface area contributed by atoms with Crippen LogP contribution in [-0.4, -0.2) is 18.8 Å². The third-order valence-electron chi connectivity index (χ3n) is 4.01. The van der Waals surface area contributed by atoms with Gasteiger partial charge in [-0.25, -0.2) is 5.43 Å². The van der Waals surface area contributed by atoms with Crippen LogP contribution in [0.25, 0.3) is 0 Å². The van der Waals surface area contributed by atoms with Crippen molar-refractivity contribution in [2.45, 2.75) is 45.3 Å². The molecular formula is C15H24N2O2. The first-order valence-corrected chi connectivity index (χ1v) is 7.01. The lowest BCUT2D eigenvalue weighted by atomic mass is 9.86. The Morgan fingerprint density at radius 2 is 2.26 bits per heavy atom. The highest BCUT2D eigenvalue weighted by Gasteiger charge is 2.36. The summed E-state index contributed by atoms with van der Waals surface area (Å²) in [5.41, 5.74) is 4.93. The fourth-order valence-electron chi connectivity index (χ4n) is 2.78. The summed E-state index contributed by atoms with van der Waals surface area (Å²) < 4.78 is 11.7. The molecule has 4 nitrogen and oxygen atoms in total. The Hall–Kier alpha value is -1.10. The second-order valence-corrected chi connectivity index (χ2v) is 5.13. The number of nitrogens with one attached hydrogen (secondary N) is 1. The van der Waals surface area contributed by atoms with Gasteiger partial charge >= 0.3 is 0 Å². The van der Waals surface area contributed by atoms with Crippen molar-refractivity contribution in [3.05, 3.63) is 29.3 Å². The third-order valence-corrected chi connectivity index (χ3v) is 4.01. The lowest BCUT2D eigenvalue weighted by molar-refractivity contribution is -0.0568. The van der Waals surface area contributed by atoms with Gasteiger partial charge in [-0.1, -0.05) is 25.1 Å². The molecule has 1 aliphatic heterocycles. The summed E-state index contributed by atoms with van der Waals surface area (Å²) in [7, 11) is 0. The van der Waals surface area contributed by atoms with E-state index in [-0.39, 0.29) is 11.6 Å². The first kappa shape index (κ1) is 14.3. The van der Waals surface area contributed by atoms with Crippen LogP contribution in [0.2, 0.25) is 0 Å². The van der Waals surface area contributed by atoms with Crippen molar-refractivity contribution in [3.8, 4) is 5.75 Å². The van der Waals surface area contributed by atoms with Gasteiger partial charge in [-0.2, -0.15) is 0 Å². The number of hydrogen-bond donors (Lipinski definition) is 2. The summed E-state index contributed by atoms with van der Waals surface area (Å²) in [6.07, 6.45) is 1.84. The van der Waals surface area contributed by atoms with E-state index < -0.39 is 0 Å². The minimum atomic E-state index is -0.343. The zero-order chi connectivity index (χ0) is 13.9. The minimum absolute atomic E-state index is 0.0782. The molecule has 0 amide bonds. The molecule has 0 radical (unpaired) electrons. The van der Waals surface area contributed by atoms with E-state index in [0.29, 0.717) is 6.61 Å². The van der Waals surface area contributed by atoms with Gasteiger partial charge in [0.05, 0.1) is 18.2 Å². The Kier molecular flexibility index (Phi) is 4.45. The normalized spacial score (nSPS) is 18.5. The zero-order valence-corrected chi connectivity index (χ0v) is 12.0. The molecule has 0 saturated carbocycles. The summed E-state index contributed by atoms with van der Waals surface area (Å²) >= 11 is 0. The number of rotatable bonds is 6. The van der Waals surface area contributed by atoms with Crippen LogP contribution in [0.4, 0.5) is 0 Å². The second kappa shape index (κ2) is 5.90. The SMILES string of the molecule is CCOC(C)(CC)C(NN)c1cccc2c1OCC2. The minimum Gasteiger partial charge on any atom is -0.493 e. The molecule has 2 atom stereocenters. The highest BCUT2D eigenvalue weighted by molar-refractivity contribution is 5.46. The molecular weight excluding hydrogens is 240 g/mol. The summed E-state index contributed by atoms with van der Waals surface area (Å²) in [4.78, 5) is 0. The smallest absolute Gasteiger partial charge is 0.127 e. The van der Waals surface area contributed by atoms with Crippen LogP contribution < -0.4 is 16.0 Å². The molecule has 1 aromatic rings. The first-order valence-electron chi connectivity index (χ1n) is 7.01. The Bertz CT molecular complexity index is 436. The maximum absolute atomic E-state index is 5.95. The van der Waals surface area contributed by atoms with E-state index in [0.717, 1.165) is 30.8 Å². The van der Waals surface area contributed by atoms with Gasteiger partial charge in [0.25, 0.3) is 0 Å². The standard InChI is InChI=1S/C15H24N2O2/c1-4-15(3,19-5-2)14(17-16)12-8-6-7-11-9-10-18-13(11)12/h6-8,14,17H,4-5,9-10,16H2,1-3H3. The lowest BCUT2D eigenvalue weighted by Crippen LogP contribution is -2.46. The van der Waals surface area contributed by atoms with Crippen molar-refractivity contribution >= 4 is 0 Å². The molecule has 19 heavy (non-hydrogen) atoms. The second-order valence-electron chi connectivity index (χ2n) is 5.13. The van der Waals surface area contributed by atoms with Crippen LogP contribution in [0.3, 0.4) is 0 Å². The largest absolute Gasteiger partial charge is 0.493 e. The number of benzene rings is 1. The number of fused-ring (bicyclic) bond motifs is 1. The van der Waals surface area contributed by atoms with Crippen molar-refractivity contribution in [2.24, 2.45) is 5.84 Å². The van der Waals surface area contributed by atoms with Crippen molar-refractivity contribution in [3.63, 3.8) is 0 Å². The van der Waals surface area contributed by atoms with E-state index in [1.54, 1.807) is 0 Å². The van der Waals surface area contributed by atoms with Crippen LogP contribution in [-0.2, 0) is 11.2 Å². The topological polar surface area (TPSA) is 56.5 Å². The van der Waals surface area contributed by atoms with Crippen LogP contribution >= 0.6 is 0 Å². The van der Waals surface area contributed by atoms with Crippen molar-refractivity contribution in [1.82, 2.24) is 5.43 Å². The molecule has 1 aliphatic rings. The van der Waals surface area contributed by atoms with Crippen molar-refractivity contribution in [2.75, 3.05) is 13.2 Å². The van der Waals surface area contributed by atoms with E-state index in [1.165, 1.54) is 5.56 Å². The predicted molar refractivity (Wildman–Crippen MR) is 76.0 cm³/mol. The monoisotopic (exact) mass is 264 g/mol. The van der Waals surface area contributed by atoms with E-state index in [2.05, 4.69) is 37.5 Å². The molecule has 1 aromatic carbocycles.